The Morgan fingerprint density at radius 3 is 2.72 bits per heavy atom. The Morgan fingerprint density at radius 2 is 2.00 bits per heavy atom. The van der Waals surface area contributed by atoms with Crippen molar-refractivity contribution in [2.45, 2.75) is 19.8 Å². The Bertz CT molecular complexity index is 622. The van der Waals surface area contributed by atoms with Crippen LogP contribution < -0.4 is 0 Å². The first-order valence-corrected chi connectivity index (χ1v) is 6.45. The fourth-order valence-electron chi connectivity index (χ4n) is 1.79. The molecule has 92 valence electrons. The number of hydrogen-bond donors (Lipinski definition) is 0. The average molecular weight is 306 g/mol. The molecule has 0 aliphatic rings. The molecule has 0 unspecified atom stereocenters. The van der Waals surface area contributed by atoms with Crippen LogP contribution in [0.2, 0.25) is 0 Å². The molecular formula is C14H12BrNO2. The second kappa shape index (κ2) is 5.40. The maximum atomic E-state index is 12.1. The molecule has 0 atom stereocenters. The van der Waals surface area contributed by atoms with Crippen LogP contribution in [-0.2, 0) is 4.79 Å². The second-order valence-corrected chi connectivity index (χ2v) is 4.97. The first kappa shape index (κ1) is 12.9. The summed E-state index contributed by atoms with van der Waals surface area (Å²) in [6, 6.07) is 7.33. The molecule has 0 saturated heterocycles. The van der Waals surface area contributed by atoms with Crippen molar-refractivity contribution in [3.8, 4) is 0 Å². The van der Waals surface area contributed by atoms with E-state index in [4.69, 9.17) is 0 Å². The number of halogens is 1. The highest BCUT2D eigenvalue weighted by Crippen LogP contribution is 2.26. The van der Waals surface area contributed by atoms with E-state index in [9.17, 15) is 9.59 Å². The summed E-state index contributed by atoms with van der Waals surface area (Å²) in [6.45, 7) is 1.49. The summed E-state index contributed by atoms with van der Waals surface area (Å²) >= 11 is 3.44. The standard InChI is InChI=1S/C14H12BrNO2/c1-9(17)4-7-13(18)11-5-6-12(15)10-3-2-8-16-14(10)11/h2-3,5-6,8H,4,7H2,1H3. The van der Waals surface area contributed by atoms with E-state index in [1.807, 2.05) is 18.2 Å². The average Bonchev–Trinajstić information content (AvgIpc) is 2.37. The van der Waals surface area contributed by atoms with Crippen LogP contribution in [0.4, 0.5) is 0 Å². The van der Waals surface area contributed by atoms with Crippen LogP contribution in [0.15, 0.2) is 34.9 Å². The third kappa shape index (κ3) is 2.64. The number of aromatic nitrogens is 1. The lowest BCUT2D eigenvalue weighted by Gasteiger charge is -2.06. The van der Waals surface area contributed by atoms with Gasteiger partial charge in [-0.05, 0) is 25.1 Å². The maximum Gasteiger partial charge on any atom is 0.165 e. The van der Waals surface area contributed by atoms with E-state index in [-0.39, 0.29) is 24.4 Å². The first-order valence-electron chi connectivity index (χ1n) is 5.65. The first-order chi connectivity index (χ1) is 8.59. The highest BCUT2D eigenvalue weighted by atomic mass is 79.9. The largest absolute Gasteiger partial charge is 0.300 e. The molecular weight excluding hydrogens is 294 g/mol. The molecule has 0 amide bonds. The highest BCUT2D eigenvalue weighted by Gasteiger charge is 2.13. The quantitative estimate of drug-likeness (QED) is 0.812. The molecule has 1 heterocycles. The SMILES string of the molecule is CC(=O)CCC(=O)c1ccc(Br)c2cccnc12. The van der Waals surface area contributed by atoms with Gasteiger partial charge in [-0.3, -0.25) is 9.78 Å². The van der Waals surface area contributed by atoms with Gasteiger partial charge < -0.3 is 4.79 Å². The molecule has 4 heteroatoms. The zero-order chi connectivity index (χ0) is 13.1. The fourth-order valence-corrected chi connectivity index (χ4v) is 2.24. The van der Waals surface area contributed by atoms with E-state index in [0.717, 1.165) is 9.86 Å². The van der Waals surface area contributed by atoms with Crippen LogP contribution in [0, 0.1) is 0 Å². The van der Waals surface area contributed by atoms with E-state index in [1.165, 1.54) is 6.92 Å². The predicted octanol–water partition coefficient (Wildman–Crippen LogP) is 3.55. The monoisotopic (exact) mass is 305 g/mol. The number of carbonyl (C=O) groups excluding carboxylic acids is 2. The molecule has 3 nitrogen and oxygen atoms in total. The van der Waals surface area contributed by atoms with Crippen LogP contribution in [0.1, 0.15) is 30.1 Å². The Balaban J connectivity index is 2.42. The van der Waals surface area contributed by atoms with Crippen LogP contribution in [0.5, 0.6) is 0 Å². The molecule has 0 bridgehead atoms. The van der Waals surface area contributed by atoms with E-state index in [2.05, 4.69) is 20.9 Å². The molecule has 1 aromatic heterocycles. The molecule has 0 N–H and O–H groups in total. The van der Waals surface area contributed by atoms with Crippen molar-refractivity contribution in [2.24, 2.45) is 0 Å². The molecule has 0 aliphatic carbocycles. The highest BCUT2D eigenvalue weighted by molar-refractivity contribution is 9.10. The Hall–Kier alpha value is -1.55. The van der Waals surface area contributed by atoms with E-state index in [1.54, 1.807) is 12.3 Å². The lowest BCUT2D eigenvalue weighted by Crippen LogP contribution is -2.04. The topological polar surface area (TPSA) is 47.0 Å². The number of fused-ring (bicyclic) bond motifs is 1. The summed E-state index contributed by atoms with van der Waals surface area (Å²) in [5, 5.41) is 0.908. The molecule has 0 fully saturated rings. The van der Waals surface area contributed by atoms with Crippen molar-refractivity contribution in [1.82, 2.24) is 4.98 Å². The third-order valence-electron chi connectivity index (χ3n) is 2.72. The van der Waals surface area contributed by atoms with Gasteiger partial charge in [0, 0.05) is 34.5 Å². The third-order valence-corrected chi connectivity index (χ3v) is 3.41. The summed E-state index contributed by atoms with van der Waals surface area (Å²) in [5.41, 5.74) is 1.26. The Kier molecular flexibility index (Phi) is 3.87. The van der Waals surface area contributed by atoms with E-state index in [0.29, 0.717) is 11.1 Å². The number of carbonyl (C=O) groups is 2. The van der Waals surface area contributed by atoms with Crippen LogP contribution in [0.25, 0.3) is 10.9 Å². The van der Waals surface area contributed by atoms with Crippen molar-refractivity contribution in [2.75, 3.05) is 0 Å². The van der Waals surface area contributed by atoms with Gasteiger partial charge in [-0.2, -0.15) is 0 Å². The Morgan fingerprint density at radius 1 is 1.22 bits per heavy atom. The molecule has 1 aromatic carbocycles. The van der Waals surface area contributed by atoms with Crippen LogP contribution >= 0.6 is 15.9 Å². The number of pyridine rings is 1. The van der Waals surface area contributed by atoms with Gasteiger partial charge in [-0.1, -0.05) is 22.0 Å². The predicted molar refractivity (Wildman–Crippen MR) is 73.7 cm³/mol. The molecule has 2 aromatic rings. The zero-order valence-corrected chi connectivity index (χ0v) is 11.5. The molecule has 0 spiro atoms. The molecule has 0 aliphatic heterocycles. The minimum Gasteiger partial charge on any atom is -0.300 e. The van der Waals surface area contributed by atoms with Gasteiger partial charge in [0.25, 0.3) is 0 Å². The second-order valence-electron chi connectivity index (χ2n) is 4.12. The summed E-state index contributed by atoms with van der Waals surface area (Å²) in [5.74, 6) is -0.0147. The van der Waals surface area contributed by atoms with Crippen LogP contribution in [-0.4, -0.2) is 16.6 Å². The normalized spacial score (nSPS) is 10.6. The summed E-state index contributed by atoms with van der Waals surface area (Å²) in [7, 11) is 0. The number of benzene rings is 1. The lowest BCUT2D eigenvalue weighted by atomic mass is 10.0. The number of rotatable bonds is 4. The molecule has 0 saturated carbocycles. The summed E-state index contributed by atoms with van der Waals surface area (Å²) in [6.07, 6.45) is 2.18. The molecule has 0 radical (unpaired) electrons. The van der Waals surface area contributed by atoms with Gasteiger partial charge in [-0.15, -0.1) is 0 Å². The van der Waals surface area contributed by atoms with Gasteiger partial charge in [-0.25, -0.2) is 0 Å². The van der Waals surface area contributed by atoms with E-state index < -0.39 is 0 Å². The van der Waals surface area contributed by atoms with Crippen molar-refractivity contribution in [3.05, 3.63) is 40.5 Å². The van der Waals surface area contributed by atoms with Gasteiger partial charge >= 0.3 is 0 Å². The molecule has 18 heavy (non-hydrogen) atoms. The number of nitrogens with zero attached hydrogens (tertiary/aromatic N) is 1. The minimum absolute atomic E-state index is 0.0257. The zero-order valence-electron chi connectivity index (χ0n) is 9.94. The van der Waals surface area contributed by atoms with Crippen molar-refractivity contribution < 1.29 is 9.59 Å². The Labute approximate surface area is 113 Å². The lowest BCUT2D eigenvalue weighted by molar-refractivity contribution is -0.116. The van der Waals surface area contributed by atoms with Crippen LogP contribution in [0.3, 0.4) is 0 Å². The smallest absolute Gasteiger partial charge is 0.165 e. The van der Waals surface area contributed by atoms with Crippen molar-refractivity contribution in [1.29, 1.82) is 0 Å². The molecule has 2 rings (SSSR count). The number of ketones is 2. The summed E-state index contributed by atoms with van der Waals surface area (Å²) in [4.78, 5) is 27.2. The summed E-state index contributed by atoms with van der Waals surface area (Å²) < 4.78 is 0.911. The fraction of sp³-hybridized carbons (Fsp3) is 0.214. The number of Topliss-reactive ketones (excluding diaryl/α,β-unsaturated/α-hetero) is 2. The van der Waals surface area contributed by atoms with Gasteiger partial charge in [0.05, 0.1) is 5.52 Å². The maximum absolute atomic E-state index is 12.1. The van der Waals surface area contributed by atoms with Crippen molar-refractivity contribution >= 4 is 38.4 Å². The number of hydrogen-bond acceptors (Lipinski definition) is 3. The van der Waals surface area contributed by atoms with E-state index >= 15 is 0 Å². The van der Waals surface area contributed by atoms with Gasteiger partial charge in [0.15, 0.2) is 5.78 Å². The van der Waals surface area contributed by atoms with Gasteiger partial charge in [0.1, 0.15) is 5.78 Å². The minimum atomic E-state index is -0.0404. The van der Waals surface area contributed by atoms with Gasteiger partial charge in [0.2, 0.25) is 0 Å². The van der Waals surface area contributed by atoms with Crippen molar-refractivity contribution in [3.63, 3.8) is 0 Å².